The highest BCUT2D eigenvalue weighted by molar-refractivity contribution is 9.10. The number of halogens is 1. The number of nitrogens with one attached hydrogen (secondary N) is 1. The van der Waals surface area contributed by atoms with Crippen LogP contribution in [0.1, 0.15) is 28.7 Å². The number of ketones is 1. The van der Waals surface area contributed by atoms with Gasteiger partial charge in [0.05, 0.1) is 33.4 Å². The molecule has 0 amide bonds. The summed E-state index contributed by atoms with van der Waals surface area (Å²) in [5.74, 6) is 1.04. The van der Waals surface area contributed by atoms with Crippen molar-refractivity contribution in [2.45, 2.75) is 13.8 Å². The Labute approximate surface area is 192 Å². The van der Waals surface area contributed by atoms with Crippen molar-refractivity contribution >= 4 is 32.7 Å². The molecule has 4 rings (SSSR count). The average Bonchev–Trinajstić information content (AvgIpc) is 3.36. The molecule has 0 radical (unpaired) electrons. The van der Waals surface area contributed by atoms with Gasteiger partial charge in [0.2, 0.25) is 0 Å². The number of fused-ring (bicyclic) bond motifs is 1. The fraction of sp³-hybridized carbons (Fsp3) is 0.227. The second-order valence-corrected chi connectivity index (χ2v) is 7.89. The Kier molecular flexibility index (Phi) is 6.03. The van der Waals surface area contributed by atoms with E-state index in [0.717, 1.165) is 15.5 Å². The summed E-state index contributed by atoms with van der Waals surface area (Å²) in [4.78, 5) is 21.5. The average molecular weight is 495 g/mol. The predicted octanol–water partition coefficient (Wildman–Crippen LogP) is 3.98. The van der Waals surface area contributed by atoms with Crippen LogP contribution < -0.4 is 4.74 Å². The van der Waals surface area contributed by atoms with Crippen molar-refractivity contribution in [3.63, 3.8) is 0 Å². The Morgan fingerprint density at radius 1 is 1.31 bits per heavy atom. The molecule has 10 heteroatoms. The molecule has 0 fully saturated rings. The first-order chi connectivity index (χ1) is 15.4. The number of aromatic amines is 1. The number of pyridine rings is 1. The van der Waals surface area contributed by atoms with E-state index in [-0.39, 0.29) is 11.5 Å². The van der Waals surface area contributed by atoms with Gasteiger partial charge in [-0.3, -0.25) is 14.5 Å². The maximum Gasteiger partial charge on any atom is 0.171 e. The molecule has 0 atom stereocenters. The zero-order valence-corrected chi connectivity index (χ0v) is 19.2. The van der Waals surface area contributed by atoms with Crippen molar-refractivity contribution in [3.05, 3.63) is 52.0 Å². The van der Waals surface area contributed by atoms with Gasteiger partial charge in [-0.15, -0.1) is 0 Å². The number of benzene rings is 1. The number of H-pyrrole nitrogens is 1. The van der Waals surface area contributed by atoms with Gasteiger partial charge in [-0.05, 0) is 48.0 Å². The van der Waals surface area contributed by atoms with Crippen molar-refractivity contribution < 1.29 is 14.3 Å². The first-order valence-corrected chi connectivity index (χ1v) is 10.5. The quantitative estimate of drug-likeness (QED) is 0.304. The van der Waals surface area contributed by atoms with Gasteiger partial charge < -0.3 is 9.47 Å². The Bertz CT molecular complexity index is 1370. The molecule has 162 valence electrons. The SMILES string of the molecule is COCCOc1cc2c(cc1Br)ncn2-c1ccc(C(C)=O)c(-c2c(C#N)n[nH]c2C)n1. The van der Waals surface area contributed by atoms with E-state index >= 15 is 0 Å². The summed E-state index contributed by atoms with van der Waals surface area (Å²) in [6.07, 6.45) is 1.66. The lowest BCUT2D eigenvalue weighted by molar-refractivity contribution is 0.101. The number of carbonyl (C=O) groups is 1. The van der Waals surface area contributed by atoms with Gasteiger partial charge in [0.25, 0.3) is 0 Å². The van der Waals surface area contributed by atoms with E-state index in [0.29, 0.717) is 47.3 Å². The molecule has 3 aromatic heterocycles. The summed E-state index contributed by atoms with van der Waals surface area (Å²) in [5.41, 5.74) is 3.67. The summed E-state index contributed by atoms with van der Waals surface area (Å²) in [6.45, 7) is 4.12. The summed E-state index contributed by atoms with van der Waals surface area (Å²) in [5, 5.41) is 16.3. The molecule has 0 aliphatic carbocycles. The van der Waals surface area contributed by atoms with Gasteiger partial charge in [-0.25, -0.2) is 9.97 Å². The van der Waals surface area contributed by atoms with E-state index in [1.165, 1.54) is 6.92 Å². The number of rotatable bonds is 7. The first kappa shape index (κ1) is 21.7. The number of hydrogen-bond acceptors (Lipinski definition) is 7. The minimum atomic E-state index is -0.156. The standard InChI is InChI=1S/C22H19BrN6O3/c1-12-21(17(10-24)28-27-12)22-14(13(2)30)4-5-20(26-22)29-11-25-16-8-15(23)19(9-18(16)29)32-7-6-31-3/h4-5,8-9,11H,6-7H2,1-3H3,(H,27,28). The molecule has 32 heavy (non-hydrogen) atoms. The van der Waals surface area contributed by atoms with Crippen molar-refractivity contribution in [1.29, 1.82) is 5.26 Å². The van der Waals surface area contributed by atoms with E-state index in [1.54, 1.807) is 37.1 Å². The summed E-state index contributed by atoms with van der Waals surface area (Å²) in [6, 6.07) is 9.24. The van der Waals surface area contributed by atoms with Crippen molar-refractivity contribution in [3.8, 4) is 28.9 Å². The third kappa shape index (κ3) is 3.88. The lowest BCUT2D eigenvalue weighted by Crippen LogP contribution is -2.06. The van der Waals surface area contributed by atoms with Gasteiger partial charge in [-0.1, -0.05) is 0 Å². The highest BCUT2D eigenvalue weighted by Gasteiger charge is 2.21. The molecule has 0 aliphatic heterocycles. The van der Waals surface area contributed by atoms with E-state index < -0.39 is 0 Å². The van der Waals surface area contributed by atoms with E-state index in [2.05, 4.69) is 37.2 Å². The van der Waals surface area contributed by atoms with Crippen LogP contribution in [-0.4, -0.2) is 50.8 Å². The van der Waals surface area contributed by atoms with Crippen LogP contribution in [-0.2, 0) is 4.74 Å². The maximum absolute atomic E-state index is 12.3. The molecule has 1 N–H and O–H groups in total. The van der Waals surface area contributed by atoms with Crippen LogP contribution >= 0.6 is 15.9 Å². The molecular weight excluding hydrogens is 476 g/mol. The van der Waals surface area contributed by atoms with Gasteiger partial charge in [0.15, 0.2) is 11.5 Å². The normalized spacial score (nSPS) is 11.0. The van der Waals surface area contributed by atoms with E-state index in [9.17, 15) is 10.1 Å². The van der Waals surface area contributed by atoms with Crippen molar-refractivity contribution in [2.75, 3.05) is 20.3 Å². The Morgan fingerprint density at radius 2 is 2.12 bits per heavy atom. The maximum atomic E-state index is 12.3. The zero-order chi connectivity index (χ0) is 22.8. The van der Waals surface area contributed by atoms with Gasteiger partial charge in [0.1, 0.15) is 30.6 Å². The summed E-state index contributed by atoms with van der Waals surface area (Å²) < 4.78 is 13.4. The number of ether oxygens (including phenoxy) is 2. The predicted molar refractivity (Wildman–Crippen MR) is 121 cm³/mol. The molecule has 1 aromatic carbocycles. The largest absolute Gasteiger partial charge is 0.490 e. The third-order valence-electron chi connectivity index (χ3n) is 4.94. The number of aromatic nitrogens is 5. The first-order valence-electron chi connectivity index (χ1n) is 9.70. The molecular formula is C22H19BrN6O3. The number of methoxy groups -OCH3 is 1. The molecule has 0 unspecified atom stereocenters. The number of Topliss-reactive ketones (excluding diaryl/α,β-unsaturated/α-hetero) is 1. The van der Waals surface area contributed by atoms with E-state index in [1.807, 2.05) is 12.1 Å². The summed E-state index contributed by atoms with van der Waals surface area (Å²) >= 11 is 3.51. The number of nitrogens with zero attached hydrogens (tertiary/aromatic N) is 5. The zero-order valence-electron chi connectivity index (χ0n) is 17.6. The molecule has 0 saturated heterocycles. The van der Waals surface area contributed by atoms with Crippen LogP contribution in [0.15, 0.2) is 35.1 Å². The minimum absolute atomic E-state index is 0.156. The van der Waals surface area contributed by atoms with Gasteiger partial charge in [0, 0.05) is 24.4 Å². The van der Waals surface area contributed by atoms with Gasteiger partial charge >= 0.3 is 0 Å². The molecule has 0 saturated carbocycles. The lowest BCUT2D eigenvalue weighted by atomic mass is 10.0. The highest BCUT2D eigenvalue weighted by atomic mass is 79.9. The second-order valence-electron chi connectivity index (χ2n) is 7.03. The second kappa shape index (κ2) is 8.90. The Hall–Kier alpha value is -3.55. The topological polar surface area (TPSA) is 119 Å². The fourth-order valence-corrected chi connectivity index (χ4v) is 3.84. The van der Waals surface area contributed by atoms with E-state index in [4.69, 9.17) is 14.5 Å². The number of nitriles is 1. The smallest absolute Gasteiger partial charge is 0.171 e. The van der Waals surface area contributed by atoms with Crippen LogP contribution in [0.5, 0.6) is 5.75 Å². The molecule has 0 aliphatic rings. The molecule has 3 heterocycles. The number of imidazole rings is 1. The van der Waals surface area contributed by atoms with Crippen molar-refractivity contribution in [1.82, 2.24) is 24.7 Å². The summed E-state index contributed by atoms with van der Waals surface area (Å²) in [7, 11) is 1.62. The molecule has 0 bridgehead atoms. The minimum Gasteiger partial charge on any atom is -0.490 e. The fourth-order valence-electron chi connectivity index (χ4n) is 3.40. The van der Waals surface area contributed by atoms with Crippen LogP contribution in [0.2, 0.25) is 0 Å². The van der Waals surface area contributed by atoms with Crippen LogP contribution in [0.3, 0.4) is 0 Å². The van der Waals surface area contributed by atoms with Crippen LogP contribution in [0.25, 0.3) is 28.1 Å². The monoisotopic (exact) mass is 494 g/mol. The highest BCUT2D eigenvalue weighted by Crippen LogP contribution is 2.33. The number of aryl methyl sites for hydroxylation is 1. The Balaban J connectivity index is 1.87. The van der Waals surface area contributed by atoms with Crippen molar-refractivity contribution in [2.24, 2.45) is 0 Å². The van der Waals surface area contributed by atoms with Crippen LogP contribution in [0, 0.1) is 18.3 Å². The van der Waals surface area contributed by atoms with Crippen LogP contribution in [0.4, 0.5) is 0 Å². The van der Waals surface area contributed by atoms with Gasteiger partial charge in [-0.2, -0.15) is 10.4 Å². The Morgan fingerprint density at radius 3 is 2.84 bits per heavy atom. The molecule has 4 aromatic rings. The number of carbonyl (C=O) groups excluding carboxylic acids is 1. The molecule has 0 spiro atoms. The lowest BCUT2D eigenvalue weighted by Gasteiger charge is -2.12. The molecule has 9 nitrogen and oxygen atoms in total. The third-order valence-corrected chi connectivity index (χ3v) is 5.56. The number of hydrogen-bond donors (Lipinski definition) is 1.